The van der Waals surface area contributed by atoms with Gasteiger partial charge in [-0.1, -0.05) is 12.1 Å². The van der Waals surface area contributed by atoms with Crippen LogP contribution >= 0.6 is 22.9 Å². The second-order valence-electron chi connectivity index (χ2n) is 3.14. The largest absolute Gasteiger partial charge is 0.241 e. The summed E-state index contributed by atoms with van der Waals surface area (Å²) in [6.07, 6.45) is 0. The van der Waals surface area contributed by atoms with Crippen molar-refractivity contribution in [2.45, 2.75) is 12.8 Å². The van der Waals surface area contributed by atoms with E-state index in [0.29, 0.717) is 16.5 Å². The Balaban J connectivity index is 2.50. The lowest BCUT2D eigenvalue weighted by molar-refractivity contribution is 0.631. The number of aryl methyl sites for hydroxylation is 1. The molecule has 1 nitrogen and oxygen atoms in total. The van der Waals surface area contributed by atoms with Crippen molar-refractivity contribution in [1.82, 2.24) is 4.98 Å². The predicted molar refractivity (Wildman–Crippen MR) is 61.8 cm³/mol. The van der Waals surface area contributed by atoms with Gasteiger partial charge in [-0.05, 0) is 19.1 Å². The smallest absolute Gasteiger partial charge is 0.133 e. The van der Waals surface area contributed by atoms with E-state index < -0.39 is 0 Å². The van der Waals surface area contributed by atoms with E-state index in [1.165, 1.54) is 17.4 Å². The van der Waals surface area contributed by atoms with Crippen molar-refractivity contribution in [3.05, 3.63) is 40.7 Å². The molecule has 0 saturated carbocycles. The summed E-state index contributed by atoms with van der Waals surface area (Å²) >= 11 is 7.19. The van der Waals surface area contributed by atoms with Crippen LogP contribution in [0.4, 0.5) is 4.39 Å². The van der Waals surface area contributed by atoms with E-state index in [9.17, 15) is 4.39 Å². The summed E-state index contributed by atoms with van der Waals surface area (Å²) in [6.45, 7) is 1.89. The Labute approximate surface area is 96.5 Å². The molecule has 2 aromatic rings. The molecular formula is C11H9ClFNS. The monoisotopic (exact) mass is 241 g/mol. The molecule has 0 aliphatic heterocycles. The van der Waals surface area contributed by atoms with E-state index in [-0.39, 0.29) is 5.82 Å². The lowest BCUT2D eigenvalue weighted by Gasteiger charge is -1.96. The molecule has 0 spiro atoms. The molecule has 0 atom stereocenters. The summed E-state index contributed by atoms with van der Waals surface area (Å²) in [4.78, 5) is 5.30. The van der Waals surface area contributed by atoms with Gasteiger partial charge in [0.15, 0.2) is 0 Å². The molecule has 0 fully saturated rings. The highest BCUT2D eigenvalue weighted by atomic mass is 35.5. The van der Waals surface area contributed by atoms with Crippen molar-refractivity contribution < 1.29 is 4.39 Å². The molecule has 0 amide bonds. The molecule has 0 aliphatic carbocycles. The first-order valence-corrected chi connectivity index (χ1v) is 5.84. The number of alkyl halides is 1. The number of aromatic nitrogens is 1. The molecule has 1 heterocycles. The maximum absolute atomic E-state index is 13.5. The third kappa shape index (κ3) is 2.03. The van der Waals surface area contributed by atoms with Crippen LogP contribution in [-0.4, -0.2) is 4.98 Å². The number of benzene rings is 1. The second kappa shape index (κ2) is 4.29. The quantitative estimate of drug-likeness (QED) is 0.725. The average molecular weight is 242 g/mol. The highest BCUT2D eigenvalue weighted by Crippen LogP contribution is 2.30. The van der Waals surface area contributed by atoms with Crippen LogP contribution in [0, 0.1) is 12.7 Å². The molecule has 0 radical (unpaired) electrons. The fourth-order valence-electron chi connectivity index (χ4n) is 1.30. The van der Waals surface area contributed by atoms with Gasteiger partial charge in [-0.2, -0.15) is 0 Å². The van der Waals surface area contributed by atoms with Gasteiger partial charge in [-0.15, -0.1) is 22.9 Å². The van der Waals surface area contributed by atoms with Crippen molar-refractivity contribution in [2.24, 2.45) is 0 Å². The molecule has 4 heteroatoms. The number of nitrogens with zero attached hydrogens (tertiary/aromatic N) is 1. The first-order chi connectivity index (χ1) is 7.22. The zero-order valence-electron chi connectivity index (χ0n) is 8.13. The highest BCUT2D eigenvalue weighted by molar-refractivity contribution is 7.15. The number of hydrogen-bond acceptors (Lipinski definition) is 2. The Kier molecular flexibility index (Phi) is 3.03. The fourth-order valence-corrected chi connectivity index (χ4v) is 2.60. The Morgan fingerprint density at radius 1 is 1.40 bits per heavy atom. The summed E-state index contributed by atoms with van der Waals surface area (Å²) in [5.74, 6) is 0.185. The van der Waals surface area contributed by atoms with Crippen LogP contribution in [0.1, 0.15) is 10.6 Å². The zero-order valence-corrected chi connectivity index (χ0v) is 9.70. The van der Waals surface area contributed by atoms with E-state index in [4.69, 9.17) is 11.6 Å². The van der Waals surface area contributed by atoms with Crippen molar-refractivity contribution in [3.63, 3.8) is 0 Å². The normalized spacial score (nSPS) is 10.6. The third-order valence-electron chi connectivity index (χ3n) is 2.12. The molecule has 0 saturated heterocycles. The Morgan fingerprint density at radius 3 is 2.73 bits per heavy atom. The summed E-state index contributed by atoms with van der Waals surface area (Å²) in [6, 6.07) is 6.63. The molecule has 0 N–H and O–H groups in total. The summed E-state index contributed by atoms with van der Waals surface area (Å²) < 4.78 is 13.5. The molecule has 0 aliphatic rings. The van der Waals surface area contributed by atoms with Crippen LogP contribution < -0.4 is 0 Å². The first-order valence-electron chi connectivity index (χ1n) is 4.49. The topological polar surface area (TPSA) is 12.9 Å². The Bertz CT molecular complexity index is 481. The van der Waals surface area contributed by atoms with Crippen molar-refractivity contribution in [3.8, 4) is 10.6 Å². The van der Waals surface area contributed by atoms with E-state index >= 15 is 0 Å². The van der Waals surface area contributed by atoms with Gasteiger partial charge < -0.3 is 0 Å². The Hall–Kier alpha value is -0.930. The standard InChI is InChI=1S/C11H9ClFNS/c1-7-10(6-12)15-11(14-7)8-4-2-3-5-9(8)13/h2-5H,6H2,1H3. The van der Waals surface area contributed by atoms with E-state index in [1.807, 2.05) is 6.92 Å². The van der Waals surface area contributed by atoms with E-state index in [2.05, 4.69) is 4.98 Å². The van der Waals surface area contributed by atoms with Crippen LogP contribution in [0.15, 0.2) is 24.3 Å². The van der Waals surface area contributed by atoms with Crippen LogP contribution in [0.25, 0.3) is 10.6 Å². The predicted octanol–water partition coefficient (Wildman–Crippen LogP) is 4.00. The van der Waals surface area contributed by atoms with Crippen LogP contribution in [0.5, 0.6) is 0 Å². The maximum atomic E-state index is 13.5. The minimum Gasteiger partial charge on any atom is -0.241 e. The van der Waals surface area contributed by atoms with Crippen molar-refractivity contribution >= 4 is 22.9 Å². The first kappa shape index (κ1) is 10.6. The zero-order chi connectivity index (χ0) is 10.8. The molecule has 1 aromatic heterocycles. The van der Waals surface area contributed by atoms with Crippen molar-refractivity contribution in [1.29, 1.82) is 0 Å². The number of hydrogen-bond donors (Lipinski definition) is 0. The van der Waals surface area contributed by atoms with Gasteiger partial charge in [-0.3, -0.25) is 0 Å². The highest BCUT2D eigenvalue weighted by Gasteiger charge is 2.11. The SMILES string of the molecule is Cc1nc(-c2ccccc2F)sc1CCl. The molecule has 1 aromatic carbocycles. The average Bonchev–Trinajstić information content (AvgIpc) is 2.60. The Morgan fingerprint density at radius 2 is 2.13 bits per heavy atom. The number of halogens is 2. The molecule has 15 heavy (non-hydrogen) atoms. The van der Waals surface area contributed by atoms with E-state index in [1.54, 1.807) is 18.2 Å². The fraction of sp³-hybridized carbons (Fsp3) is 0.182. The van der Waals surface area contributed by atoms with Gasteiger partial charge in [0.25, 0.3) is 0 Å². The van der Waals surface area contributed by atoms with Crippen molar-refractivity contribution in [2.75, 3.05) is 0 Å². The number of rotatable bonds is 2. The summed E-state index contributed by atoms with van der Waals surface area (Å²) in [7, 11) is 0. The third-order valence-corrected chi connectivity index (χ3v) is 3.73. The van der Waals surface area contributed by atoms with Gasteiger partial charge in [0, 0.05) is 10.4 Å². The minimum atomic E-state index is -0.243. The lowest BCUT2D eigenvalue weighted by atomic mass is 10.2. The molecule has 0 unspecified atom stereocenters. The maximum Gasteiger partial charge on any atom is 0.133 e. The van der Waals surface area contributed by atoms with Crippen LogP contribution in [0.2, 0.25) is 0 Å². The molecule has 78 valence electrons. The van der Waals surface area contributed by atoms with Gasteiger partial charge in [-0.25, -0.2) is 9.37 Å². The van der Waals surface area contributed by atoms with Crippen LogP contribution in [0.3, 0.4) is 0 Å². The van der Waals surface area contributed by atoms with E-state index in [0.717, 1.165) is 10.6 Å². The molecule has 0 bridgehead atoms. The minimum absolute atomic E-state index is 0.243. The molecule has 2 rings (SSSR count). The van der Waals surface area contributed by atoms with Crippen LogP contribution in [-0.2, 0) is 5.88 Å². The summed E-state index contributed by atoms with van der Waals surface area (Å²) in [5.41, 5.74) is 1.43. The van der Waals surface area contributed by atoms with Gasteiger partial charge in [0.05, 0.1) is 11.6 Å². The molecular weight excluding hydrogens is 233 g/mol. The van der Waals surface area contributed by atoms with Gasteiger partial charge in [0.2, 0.25) is 0 Å². The second-order valence-corrected chi connectivity index (χ2v) is 4.49. The van der Waals surface area contributed by atoms with Gasteiger partial charge in [0.1, 0.15) is 10.8 Å². The number of thiazole rings is 1. The van der Waals surface area contributed by atoms with Gasteiger partial charge >= 0.3 is 0 Å². The summed E-state index contributed by atoms with van der Waals surface area (Å²) in [5, 5.41) is 0.696. The lowest BCUT2D eigenvalue weighted by Crippen LogP contribution is -1.82.